The molecule has 0 atom stereocenters. The Morgan fingerprint density at radius 1 is 1.35 bits per heavy atom. The lowest BCUT2D eigenvalue weighted by atomic mass is 10.0. The van der Waals surface area contributed by atoms with E-state index in [9.17, 15) is 10.1 Å². The van der Waals surface area contributed by atoms with Gasteiger partial charge in [0, 0.05) is 25.9 Å². The van der Waals surface area contributed by atoms with Crippen molar-refractivity contribution >= 4 is 17.7 Å². The molecule has 5 nitrogen and oxygen atoms in total. The van der Waals surface area contributed by atoms with Crippen molar-refractivity contribution in [1.82, 2.24) is 0 Å². The van der Waals surface area contributed by atoms with Crippen molar-refractivity contribution in [3.05, 3.63) is 34.9 Å². The molecule has 1 saturated heterocycles. The molecule has 0 radical (unpaired) electrons. The van der Waals surface area contributed by atoms with Crippen LogP contribution in [0.2, 0.25) is 0 Å². The highest BCUT2D eigenvalue weighted by molar-refractivity contribution is 5.98. The minimum atomic E-state index is -0.618. The van der Waals surface area contributed by atoms with Gasteiger partial charge >= 0.3 is 5.97 Å². The number of hydrogen-bond acceptors (Lipinski definition) is 5. The molecule has 2 rings (SSSR count). The monoisotopic (exact) mass is 314 g/mol. The number of anilines is 1. The van der Waals surface area contributed by atoms with Gasteiger partial charge in [0.2, 0.25) is 0 Å². The van der Waals surface area contributed by atoms with Crippen LogP contribution in [0.5, 0.6) is 0 Å². The van der Waals surface area contributed by atoms with Crippen molar-refractivity contribution in [2.24, 2.45) is 0 Å². The number of rotatable bonds is 6. The highest BCUT2D eigenvalue weighted by atomic mass is 16.6. The first-order valence-electron chi connectivity index (χ1n) is 7.79. The van der Waals surface area contributed by atoms with Gasteiger partial charge in [0.1, 0.15) is 18.2 Å². The summed E-state index contributed by atoms with van der Waals surface area (Å²) in [6.45, 7) is 4.61. The second-order valence-corrected chi connectivity index (χ2v) is 5.53. The summed E-state index contributed by atoms with van der Waals surface area (Å²) in [6, 6.07) is 7.99. The van der Waals surface area contributed by atoms with Crippen molar-refractivity contribution in [3.8, 4) is 6.07 Å². The molecule has 0 bridgehead atoms. The van der Waals surface area contributed by atoms with Crippen molar-refractivity contribution in [2.45, 2.75) is 19.8 Å². The minimum Gasteiger partial charge on any atom is -0.459 e. The summed E-state index contributed by atoms with van der Waals surface area (Å²) in [6.07, 6.45) is 4.04. The van der Waals surface area contributed by atoms with Gasteiger partial charge in [0.05, 0.1) is 6.61 Å². The molecule has 0 N–H and O–H groups in total. The van der Waals surface area contributed by atoms with E-state index in [1.165, 1.54) is 25.6 Å². The third kappa shape index (κ3) is 4.57. The Labute approximate surface area is 137 Å². The fourth-order valence-electron chi connectivity index (χ4n) is 2.58. The zero-order valence-electron chi connectivity index (χ0n) is 13.7. The molecule has 122 valence electrons. The van der Waals surface area contributed by atoms with E-state index in [2.05, 4.69) is 11.0 Å². The summed E-state index contributed by atoms with van der Waals surface area (Å²) in [5.74, 6) is -0.618. The molecule has 0 spiro atoms. The third-order valence-electron chi connectivity index (χ3n) is 3.89. The van der Waals surface area contributed by atoms with Crippen LogP contribution < -0.4 is 4.90 Å². The Morgan fingerprint density at radius 2 is 2.09 bits per heavy atom. The fourth-order valence-corrected chi connectivity index (χ4v) is 2.58. The molecule has 0 saturated carbocycles. The van der Waals surface area contributed by atoms with Crippen LogP contribution in [0.3, 0.4) is 0 Å². The van der Waals surface area contributed by atoms with Crippen LogP contribution in [0.1, 0.15) is 24.0 Å². The molecule has 1 fully saturated rings. The number of ether oxygens (including phenoxy) is 2. The molecule has 0 unspecified atom stereocenters. The van der Waals surface area contributed by atoms with Crippen LogP contribution in [0.25, 0.3) is 6.08 Å². The fraction of sp³-hybridized carbons (Fsp3) is 0.444. The SMILES string of the molecule is COCCOC(=O)/C(C#N)=C/c1ccc(N2CCCC2)cc1C. The van der Waals surface area contributed by atoms with Gasteiger partial charge in [-0.15, -0.1) is 0 Å². The van der Waals surface area contributed by atoms with Crippen LogP contribution in [-0.4, -0.2) is 39.4 Å². The maximum absolute atomic E-state index is 11.9. The molecule has 1 aliphatic heterocycles. The number of aryl methyl sites for hydroxylation is 1. The van der Waals surface area contributed by atoms with E-state index in [0.29, 0.717) is 6.61 Å². The standard InChI is InChI=1S/C18H22N2O3/c1-14-11-17(20-7-3-4-8-20)6-5-15(14)12-16(13-19)18(21)23-10-9-22-2/h5-6,11-12H,3-4,7-10H2,1-2H3/b16-12+. The lowest BCUT2D eigenvalue weighted by Crippen LogP contribution is -2.17. The van der Waals surface area contributed by atoms with Crippen LogP contribution in [0.4, 0.5) is 5.69 Å². The van der Waals surface area contributed by atoms with Crippen LogP contribution in [0.15, 0.2) is 23.8 Å². The van der Waals surface area contributed by atoms with E-state index in [1.54, 1.807) is 6.08 Å². The molecule has 1 heterocycles. The quantitative estimate of drug-likeness (QED) is 0.350. The maximum atomic E-state index is 11.9. The summed E-state index contributed by atoms with van der Waals surface area (Å²) in [7, 11) is 1.53. The molecular weight excluding hydrogens is 292 g/mol. The highest BCUT2D eigenvalue weighted by Gasteiger charge is 2.14. The average molecular weight is 314 g/mol. The van der Waals surface area contributed by atoms with Gasteiger partial charge in [-0.3, -0.25) is 0 Å². The Bertz CT molecular complexity index is 626. The van der Waals surface area contributed by atoms with Gasteiger partial charge in [-0.25, -0.2) is 4.79 Å². The Hall–Kier alpha value is -2.32. The van der Waals surface area contributed by atoms with Crippen LogP contribution in [0, 0.1) is 18.3 Å². The maximum Gasteiger partial charge on any atom is 0.348 e. The summed E-state index contributed by atoms with van der Waals surface area (Å²) < 4.78 is 9.81. The zero-order chi connectivity index (χ0) is 16.7. The molecular formula is C18H22N2O3. The number of nitriles is 1. The van der Waals surface area contributed by atoms with Crippen LogP contribution in [-0.2, 0) is 14.3 Å². The largest absolute Gasteiger partial charge is 0.459 e. The van der Waals surface area contributed by atoms with E-state index in [0.717, 1.165) is 24.2 Å². The average Bonchev–Trinajstić information content (AvgIpc) is 3.08. The highest BCUT2D eigenvalue weighted by Crippen LogP contribution is 2.24. The van der Waals surface area contributed by atoms with Crippen molar-refractivity contribution in [1.29, 1.82) is 5.26 Å². The summed E-state index contributed by atoms with van der Waals surface area (Å²) in [5, 5.41) is 9.17. The van der Waals surface area contributed by atoms with E-state index >= 15 is 0 Å². The Morgan fingerprint density at radius 3 is 2.70 bits per heavy atom. The molecule has 1 aromatic rings. The van der Waals surface area contributed by atoms with E-state index in [1.807, 2.05) is 25.1 Å². The van der Waals surface area contributed by atoms with E-state index in [-0.39, 0.29) is 12.2 Å². The third-order valence-corrected chi connectivity index (χ3v) is 3.89. The predicted molar refractivity (Wildman–Crippen MR) is 89.1 cm³/mol. The minimum absolute atomic E-state index is 0.00174. The lowest BCUT2D eigenvalue weighted by molar-refractivity contribution is -0.139. The number of hydrogen-bond donors (Lipinski definition) is 0. The first-order chi connectivity index (χ1) is 11.2. The number of carbonyl (C=O) groups is 1. The van der Waals surface area contributed by atoms with Gasteiger partial charge in [-0.2, -0.15) is 5.26 Å². The number of nitrogens with zero attached hydrogens (tertiary/aromatic N) is 2. The second kappa shape index (κ2) is 8.35. The smallest absolute Gasteiger partial charge is 0.348 e. The van der Waals surface area contributed by atoms with Gasteiger partial charge in [-0.1, -0.05) is 6.07 Å². The van der Waals surface area contributed by atoms with Crippen molar-refractivity contribution in [3.63, 3.8) is 0 Å². The number of esters is 1. The molecule has 5 heteroatoms. The molecule has 23 heavy (non-hydrogen) atoms. The predicted octanol–water partition coefficient (Wildman–Crippen LogP) is 2.69. The first-order valence-corrected chi connectivity index (χ1v) is 7.79. The van der Waals surface area contributed by atoms with Gasteiger partial charge in [-0.05, 0) is 49.1 Å². The van der Waals surface area contributed by atoms with Gasteiger partial charge < -0.3 is 14.4 Å². The van der Waals surface area contributed by atoms with E-state index in [4.69, 9.17) is 9.47 Å². The van der Waals surface area contributed by atoms with Crippen molar-refractivity contribution in [2.75, 3.05) is 38.3 Å². The summed E-state index contributed by atoms with van der Waals surface area (Å²) >= 11 is 0. The number of methoxy groups -OCH3 is 1. The summed E-state index contributed by atoms with van der Waals surface area (Å²) in [4.78, 5) is 14.2. The van der Waals surface area contributed by atoms with Gasteiger partial charge in [0.15, 0.2) is 0 Å². The number of benzene rings is 1. The Balaban J connectivity index is 2.13. The lowest BCUT2D eigenvalue weighted by Gasteiger charge is -2.18. The first kappa shape index (κ1) is 17.0. The second-order valence-electron chi connectivity index (χ2n) is 5.53. The van der Waals surface area contributed by atoms with E-state index < -0.39 is 5.97 Å². The molecule has 0 aromatic heterocycles. The van der Waals surface area contributed by atoms with Crippen LogP contribution >= 0.6 is 0 Å². The molecule has 0 aliphatic carbocycles. The number of carbonyl (C=O) groups excluding carboxylic acids is 1. The Kier molecular flexibility index (Phi) is 6.19. The normalized spacial score (nSPS) is 14.7. The topological polar surface area (TPSA) is 62.6 Å². The molecule has 1 aromatic carbocycles. The summed E-state index contributed by atoms with van der Waals surface area (Å²) in [5.41, 5.74) is 3.08. The van der Waals surface area contributed by atoms with Crippen molar-refractivity contribution < 1.29 is 14.3 Å². The molecule has 0 amide bonds. The molecule has 1 aliphatic rings. The zero-order valence-corrected chi connectivity index (χ0v) is 13.7. The van der Waals surface area contributed by atoms with Gasteiger partial charge in [0.25, 0.3) is 0 Å².